The van der Waals surface area contributed by atoms with E-state index in [0.717, 1.165) is 44.5 Å². The minimum atomic E-state index is 0.647. The molecular weight excluding hydrogens is 488 g/mol. The molecule has 0 unspecified atom stereocenters. The molecule has 0 fully saturated rings. The van der Waals surface area contributed by atoms with Crippen LogP contribution in [0.5, 0.6) is 0 Å². The molecule has 0 radical (unpaired) electrons. The molecule has 0 atom stereocenters. The largest absolute Gasteiger partial charge is 0.256 e. The number of fused-ring (bicyclic) bond motifs is 1. The van der Waals surface area contributed by atoms with Crippen molar-refractivity contribution < 1.29 is 0 Å². The molecule has 0 amide bonds. The minimum absolute atomic E-state index is 0.647. The maximum atomic E-state index is 4.85. The highest BCUT2D eigenvalue weighted by Gasteiger charge is 2.12. The first-order valence-electron chi connectivity index (χ1n) is 13.2. The molecule has 2 heterocycles. The Morgan fingerprint density at radius 1 is 0.325 bits per heavy atom. The van der Waals surface area contributed by atoms with Crippen molar-refractivity contribution in [2.24, 2.45) is 0 Å². The number of benzene rings is 5. The highest BCUT2D eigenvalue weighted by atomic mass is 15.0. The quantitative estimate of drug-likeness (QED) is 0.231. The van der Waals surface area contributed by atoms with Gasteiger partial charge in [-0.15, -0.1) is 0 Å². The maximum absolute atomic E-state index is 4.85. The number of aromatic nitrogens is 4. The highest BCUT2D eigenvalue weighted by molar-refractivity contribution is 5.85. The zero-order valence-electron chi connectivity index (χ0n) is 21.6. The van der Waals surface area contributed by atoms with Crippen molar-refractivity contribution in [2.75, 3.05) is 0 Å². The minimum Gasteiger partial charge on any atom is -0.256 e. The molecule has 5 aromatic carbocycles. The van der Waals surface area contributed by atoms with Gasteiger partial charge in [0.25, 0.3) is 0 Å². The van der Waals surface area contributed by atoms with Crippen LogP contribution in [0.3, 0.4) is 0 Å². The summed E-state index contributed by atoms with van der Waals surface area (Å²) in [5, 5.41) is 2.33. The number of pyridine rings is 1. The van der Waals surface area contributed by atoms with Gasteiger partial charge < -0.3 is 0 Å². The van der Waals surface area contributed by atoms with Crippen LogP contribution in [0, 0.1) is 0 Å². The first kappa shape index (κ1) is 23.6. The van der Waals surface area contributed by atoms with Crippen LogP contribution in [0.2, 0.25) is 0 Å². The van der Waals surface area contributed by atoms with E-state index < -0.39 is 0 Å². The predicted octanol–water partition coefficient (Wildman–Crippen LogP) is 8.75. The van der Waals surface area contributed by atoms with Gasteiger partial charge in [-0.05, 0) is 28.6 Å². The van der Waals surface area contributed by atoms with Gasteiger partial charge in [-0.1, -0.05) is 127 Å². The second-order valence-corrected chi connectivity index (χ2v) is 9.61. The molecule has 0 saturated carbocycles. The maximum Gasteiger partial charge on any atom is 0.164 e. The fraction of sp³-hybridized carbons (Fsp3) is 0. The smallest absolute Gasteiger partial charge is 0.164 e. The first-order valence-corrected chi connectivity index (χ1v) is 13.2. The molecule has 4 heteroatoms. The lowest BCUT2D eigenvalue weighted by Crippen LogP contribution is -2.00. The van der Waals surface area contributed by atoms with Crippen LogP contribution in [0.25, 0.3) is 67.3 Å². The highest BCUT2D eigenvalue weighted by Crippen LogP contribution is 2.30. The zero-order chi connectivity index (χ0) is 26.7. The molecule has 2 aromatic heterocycles. The third-order valence-electron chi connectivity index (χ3n) is 6.97. The average Bonchev–Trinajstić information content (AvgIpc) is 3.05. The molecule has 0 aliphatic heterocycles. The molecule has 188 valence electrons. The van der Waals surface area contributed by atoms with Crippen molar-refractivity contribution in [3.63, 3.8) is 0 Å². The van der Waals surface area contributed by atoms with E-state index in [9.17, 15) is 0 Å². The standard InChI is InChI=1S/C36H24N4/c1-3-10-26(11-4-1)34-38-35(27-12-5-2-6-13-27)40-36(39-34)28-20-18-25(19-21-28)29-16-9-17-31(22-29)33-23-30-14-7-8-15-32(30)24-37-33/h1-24H. The van der Waals surface area contributed by atoms with Crippen LogP contribution < -0.4 is 0 Å². The fourth-order valence-electron chi connectivity index (χ4n) is 4.85. The molecule has 4 nitrogen and oxygen atoms in total. The topological polar surface area (TPSA) is 51.6 Å². The second-order valence-electron chi connectivity index (χ2n) is 9.61. The van der Waals surface area contributed by atoms with E-state index in [1.165, 1.54) is 5.39 Å². The van der Waals surface area contributed by atoms with E-state index in [4.69, 9.17) is 19.9 Å². The lowest BCUT2D eigenvalue weighted by Gasteiger charge is -2.10. The Bertz CT molecular complexity index is 1880. The van der Waals surface area contributed by atoms with Crippen LogP contribution >= 0.6 is 0 Å². The van der Waals surface area contributed by atoms with Gasteiger partial charge >= 0.3 is 0 Å². The summed E-state index contributed by atoms with van der Waals surface area (Å²) in [5.41, 5.74) is 7.15. The molecule has 0 saturated heterocycles. The monoisotopic (exact) mass is 512 g/mol. The Hall–Kier alpha value is -5.48. The van der Waals surface area contributed by atoms with Gasteiger partial charge in [0, 0.05) is 33.8 Å². The van der Waals surface area contributed by atoms with Crippen LogP contribution in [-0.2, 0) is 0 Å². The molecule has 7 rings (SSSR count). The van der Waals surface area contributed by atoms with Crippen LogP contribution in [0.15, 0.2) is 146 Å². The van der Waals surface area contributed by atoms with E-state index in [-0.39, 0.29) is 0 Å². The van der Waals surface area contributed by atoms with Crippen LogP contribution in [-0.4, -0.2) is 19.9 Å². The lowest BCUT2D eigenvalue weighted by molar-refractivity contribution is 1.07. The van der Waals surface area contributed by atoms with Crippen molar-refractivity contribution in [3.8, 4) is 56.5 Å². The Kier molecular flexibility index (Phi) is 6.11. The van der Waals surface area contributed by atoms with Crippen molar-refractivity contribution in [3.05, 3.63) is 146 Å². The lowest BCUT2D eigenvalue weighted by atomic mass is 9.99. The summed E-state index contributed by atoms with van der Waals surface area (Å²) < 4.78 is 0. The molecule has 40 heavy (non-hydrogen) atoms. The molecule has 0 spiro atoms. The van der Waals surface area contributed by atoms with Crippen molar-refractivity contribution >= 4 is 10.8 Å². The molecule has 0 aliphatic rings. The van der Waals surface area contributed by atoms with Crippen LogP contribution in [0.4, 0.5) is 0 Å². The molecular formula is C36H24N4. The summed E-state index contributed by atoms with van der Waals surface area (Å²) >= 11 is 0. The third kappa shape index (κ3) is 4.74. The fourth-order valence-corrected chi connectivity index (χ4v) is 4.85. The van der Waals surface area contributed by atoms with E-state index in [2.05, 4.69) is 72.8 Å². The SMILES string of the molecule is c1ccc(-c2nc(-c3ccccc3)nc(-c3ccc(-c4cccc(-c5cc6ccccc6cn5)c4)cc3)n2)cc1. The number of rotatable bonds is 5. The Morgan fingerprint density at radius 2 is 0.800 bits per heavy atom. The summed E-state index contributed by atoms with van der Waals surface area (Å²) in [6.45, 7) is 0. The van der Waals surface area contributed by atoms with Crippen molar-refractivity contribution in [2.45, 2.75) is 0 Å². The summed E-state index contributed by atoms with van der Waals surface area (Å²) in [6, 6.07) is 47.4. The molecule has 0 bridgehead atoms. The van der Waals surface area contributed by atoms with Gasteiger partial charge in [0.2, 0.25) is 0 Å². The number of nitrogens with zero attached hydrogens (tertiary/aromatic N) is 4. The van der Waals surface area contributed by atoms with Gasteiger partial charge in [0.15, 0.2) is 17.5 Å². The van der Waals surface area contributed by atoms with Gasteiger partial charge in [-0.2, -0.15) is 0 Å². The zero-order valence-corrected chi connectivity index (χ0v) is 21.6. The Labute approximate surface area is 232 Å². The van der Waals surface area contributed by atoms with E-state index in [1.807, 2.05) is 72.9 Å². The number of hydrogen-bond donors (Lipinski definition) is 0. The van der Waals surface area contributed by atoms with Gasteiger partial charge in [0.1, 0.15) is 0 Å². The van der Waals surface area contributed by atoms with E-state index in [1.54, 1.807) is 0 Å². The van der Waals surface area contributed by atoms with Crippen molar-refractivity contribution in [1.82, 2.24) is 19.9 Å². The third-order valence-corrected chi connectivity index (χ3v) is 6.97. The average molecular weight is 513 g/mol. The van der Waals surface area contributed by atoms with Gasteiger partial charge in [-0.3, -0.25) is 4.98 Å². The van der Waals surface area contributed by atoms with E-state index >= 15 is 0 Å². The van der Waals surface area contributed by atoms with Gasteiger partial charge in [-0.25, -0.2) is 15.0 Å². The predicted molar refractivity (Wildman–Crippen MR) is 162 cm³/mol. The summed E-state index contributed by atoms with van der Waals surface area (Å²) in [4.78, 5) is 19.2. The van der Waals surface area contributed by atoms with Gasteiger partial charge in [0.05, 0.1) is 5.69 Å². The summed E-state index contributed by atoms with van der Waals surface area (Å²) in [6.07, 6.45) is 1.94. The number of hydrogen-bond acceptors (Lipinski definition) is 4. The molecule has 0 N–H and O–H groups in total. The van der Waals surface area contributed by atoms with Crippen molar-refractivity contribution in [1.29, 1.82) is 0 Å². The first-order chi connectivity index (χ1) is 19.8. The van der Waals surface area contributed by atoms with Crippen LogP contribution in [0.1, 0.15) is 0 Å². The summed E-state index contributed by atoms with van der Waals surface area (Å²) in [7, 11) is 0. The second kappa shape index (κ2) is 10.4. The van der Waals surface area contributed by atoms with E-state index in [0.29, 0.717) is 17.5 Å². The Morgan fingerprint density at radius 3 is 1.43 bits per heavy atom. The Balaban J connectivity index is 1.24. The normalized spacial score (nSPS) is 11.0. The summed E-state index contributed by atoms with van der Waals surface area (Å²) in [5.74, 6) is 1.96. The molecule has 7 aromatic rings. The molecule has 0 aliphatic carbocycles.